The summed E-state index contributed by atoms with van der Waals surface area (Å²) in [7, 11) is 0. The molecule has 2 heterocycles. The molecule has 0 saturated carbocycles. The summed E-state index contributed by atoms with van der Waals surface area (Å²) in [6.45, 7) is 0. The van der Waals surface area contributed by atoms with Crippen LogP contribution < -0.4 is 5.56 Å². The van der Waals surface area contributed by atoms with Gasteiger partial charge in [-0.15, -0.1) is 0 Å². The maximum Gasteiger partial charge on any atom is 0.249 e. The van der Waals surface area contributed by atoms with Gasteiger partial charge in [-0.2, -0.15) is 5.10 Å². The lowest BCUT2D eigenvalue weighted by Crippen LogP contribution is -2.05. The average Bonchev–Trinajstić information content (AvgIpc) is 2.87. The maximum absolute atomic E-state index is 11.7. The van der Waals surface area contributed by atoms with Gasteiger partial charge < -0.3 is 4.98 Å². The predicted octanol–water partition coefficient (Wildman–Crippen LogP) is 3.23. The number of hydrogen-bond acceptors (Lipinski definition) is 2. The van der Waals surface area contributed by atoms with Crippen LogP contribution in [-0.4, -0.2) is 15.2 Å². The standard InChI is InChI=1S/C12H7Cl2N3O/c13-9-2-1-7-8(6-4-15-16-5-6)3-10(18)17-12(7)11(9)14/h1-5H,(H,15,16)(H,17,18). The van der Waals surface area contributed by atoms with E-state index in [-0.39, 0.29) is 5.56 Å². The van der Waals surface area contributed by atoms with Gasteiger partial charge in [0.1, 0.15) is 0 Å². The average molecular weight is 280 g/mol. The zero-order valence-electron chi connectivity index (χ0n) is 9.00. The molecule has 18 heavy (non-hydrogen) atoms. The topological polar surface area (TPSA) is 61.5 Å². The van der Waals surface area contributed by atoms with Crippen LogP contribution in [0.15, 0.2) is 35.4 Å². The highest BCUT2D eigenvalue weighted by Crippen LogP contribution is 2.33. The fraction of sp³-hybridized carbons (Fsp3) is 0. The third-order valence-corrected chi connectivity index (χ3v) is 3.52. The van der Waals surface area contributed by atoms with Gasteiger partial charge in [-0.1, -0.05) is 29.3 Å². The molecular weight excluding hydrogens is 273 g/mol. The smallest absolute Gasteiger partial charge is 0.249 e. The van der Waals surface area contributed by atoms with Crippen LogP contribution in [0, 0.1) is 0 Å². The van der Waals surface area contributed by atoms with Crippen LogP contribution in [0.25, 0.3) is 22.0 Å². The van der Waals surface area contributed by atoms with Crippen molar-refractivity contribution < 1.29 is 0 Å². The number of fused-ring (bicyclic) bond motifs is 1. The quantitative estimate of drug-likeness (QED) is 0.718. The molecule has 90 valence electrons. The summed E-state index contributed by atoms with van der Waals surface area (Å²) in [4.78, 5) is 14.4. The number of pyridine rings is 1. The number of benzene rings is 1. The molecule has 3 aromatic rings. The summed E-state index contributed by atoms with van der Waals surface area (Å²) in [5.41, 5.74) is 1.89. The molecule has 0 unspecified atom stereocenters. The largest absolute Gasteiger partial charge is 0.321 e. The Balaban J connectivity index is 2.47. The van der Waals surface area contributed by atoms with Crippen LogP contribution >= 0.6 is 23.2 Å². The van der Waals surface area contributed by atoms with E-state index in [1.807, 2.05) is 6.07 Å². The molecule has 0 aliphatic heterocycles. The van der Waals surface area contributed by atoms with Gasteiger partial charge in [0, 0.05) is 23.2 Å². The lowest BCUT2D eigenvalue weighted by Gasteiger charge is -2.06. The zero-order chi connectivity index (χ0) is 12.7. The third kappa shape index (κ3) is 1.70. The Morgan fingerprint density at radius 1 is 1.22 bits per heavy atom. The van der Waals surface area contributed by atoms with Crippen molar-refractivity contribution in [1.29, 1.82) is 0 Å². The fourth-order valence-electron chi connectivity index (χ4n) is 1.90. The zero-order valence-corrected chi connectivity index (χ0v) is 10.5. The van der Waals surface area contributed by atoms with Gasteiger partial charge in [-0.25, -0.2) is 0 Å². The molecule has 1 aromatic carbocycles. The van der Waals surface area contributed by atoms with Crippen LogP contribution in [-0.2, 0) is 0 Å². The lowest BCUT2D eigenvalue weighted by atomic mass is 10.0. The monoisotopic (exact) mass is 279 g/mol. The van der Waals surface area contributed by atoms with Crippen molar-refractivity contribution in [3.05, 3.63) is 51.0 Å². The van der Waals surface area contributed by atoms with Crippen LogP contribution in [0.2, 0.25) is 10.0 Å². The SMILES string of the molecule is O=c1cc(-c2cn[nH]c2)c2ccc(Cl)c(Cl)c2[nH]1. The van der Waals surface area contributed by atoms with Gasteiger partial charge in [-0.05, 0) is 11.6 Å². The lowest BCUT2D eigenvalue weighted by molar-refractivity contribution is 1.09. The number of nitrogens with one attached hydrogen (secondary N) is 2. The van der Waals surface area contributed by atoms with Crippen LogP contribution in [0.5, 0.6) is 0 Å². The summed E-state index contributed by atoms with van der Waals surface area (Å²) < 4.78 is 0. The molecule has 6 heteroatoms. The Bertz CT molecular complexity index is 778. The van der Waals surface area contributed by atoms with E-state index in [9.17, 15) is 4.79 Å². The second-order valence-electron chi connectivity index (χ2n) is 3.82. The molecule has 0 spiro atoms. The fourth-order valence-corrected chi connectivity index (χ4v) is 2.27. The highest BCUT2D eigenvalue weighted by molar-refractivity contribution is 6.45. The molecule has 0 atom stereocenters. The molecule has 3 rings (SSSR count). The normalized spacial score (nSPS) is 11.0. The van der Waals surface area contributed by atoms with Crippen molar-refractivity contribution in [1.82, 2.24) is 15.2 Å². The van der Waals surface area contributed by atoms with Gasteiger partial charge in [0.05, 0.1) is 21.8 Å². The molecule has 0 aliphatic carbocycles. The first-order valence-corrected chi connectivity index (χ1v) is 5.92. The number of H-pyrrole nitrogens is 2. The van der Waals surface area contributed by atoms with Gasteiger partial charge in [0.2, 0.25) is 5.56 Å². The minimum absolute atomic E-state index is 0.233. The molecule has 0 amide bonds. The van der Waals surface area contributed by atoms with Gasteiger partial charge in [0.25, 0.3) is 0 Å². The highest BCUT2D eigenvalue weighted by Gasteiger charge is 2.11. The first-order chi connectivity index (χ1) is 8.66. The number of rotatable bonds is 1. The minimum Gasteiger partial charge on any atom is -0.321 e. The van der Waals surface area contributed by atoms with Crippen molar-refractivity contribution in [3.63, 3.8) is 0 Å². The third-order valence-electron chi connectivity index (χ3n) is 2.72. The molecule has 0 saturated heterocycles. The van der Waals surface area contributed by atoms with Crippen molar-refractivity contribution >= 4 is 34.1 Å². The predicted molar refractivity (Wildman–Crippen MR) is 72.2 cm³/mol. The van der Waals surface area contributed by atoms with E-state index < -0.39 is 0 Å². The molecule has 4 nitrogen and oxygen atoms in total. The summed E-state index contributed by atoms with van der Waals surface area (Å²) in [5.74, 6) is 0. The molecule has 0 fully saturated rings. The molecule has 2 N–H and O–H groups in total. The van der Waals surface area contributed by atoms with E-state index in [0.717, 1.165) is 16.5 Å². The van der Waals surface area contributed by atoms with E-state index in [4.69, 9.17) is 23.2 Å². The molecule has 0 aliphatic rings. The summed E-state index contributed by atoms with van der Waals surface area (Å²) in [6.07, 6.45) is 3.37. The van der Waals surface area contributed by atoms with Crippen LogP contribution in [0.4, 0.5) is 0 Å². The molecule has 0 bridgehead atoms. The van der Waals surface area contributed by atoms with Gasteiger partial charge in [0.15, 0.2) is 0 Å². The van der Waals surface area contributed by atoms with E-state index in [1.165, 1.54) is 6.07 Å². The summed E-state index contributed by atoms with van der Waals surface area (Å²) in [5, 5.41) is 8.17. The van der Waals surface area contributed by atoms with E-state index in [0.29, 0.717) is 15.6 Å². The Hall–Kier alpha value is -1.78. The minimum atomic E-state index is -0.233. The van der Waals surface area contributed by atoms with Gasteiger partial charge in [-0.3, -0.25) is 9.89 Å². The molecule has 2 aromatic heterocycles. The first-order valence-electron chi connectivity index (χ1n) is 5.17. The van der Waals surface area contributed by atoms with Gasteiger partial charge >= 0.3 is 0 Å². The number of aromatic nitrogens is 3. The number of aromatic amines is 2. The molecule has 0 radical (unpaired) electrons. The summed E-state index contributed by atoms with van der Waals surface area (Å²) >= 11 is 12.1. The van der Waals surface area contributed by atoms with Crippen molar-refractivity contribution in [2.45, 2.75) is 0 Å². The van der Waals surface area contributed by atoms with E-state index in [2.05, 4.69) is 15.2 Å². The number of hydrogen-bond donors (Lipinski definition) is 2. The number of nitrogens with zero attached hydrogens (tertiary/aromatic N) is 1. The Morgan fingerprint density at radius 2 is 2.06 bits per heavy atom. The Labute approximate surface area is 112 Å². The molecular formula is C12H7Cl2N3O. The number of halogens is 2. The second kappa shape index (κ2) is 4.15. The highest BCUT2D eigenvalue weighted by atomic mass is 35.5. The van der Waals surface area contributed by atoms with Crippen molar-refractivity contribution in [2.24, 2.45) is 0 Å². The maximum atomic E-state index is 11.7. The first kappa shape index (κ1) is 11.3. The van der Waals surface area contributed by atoms with E-state index in [1.54, 1.807) is 18.5 Å². The van der Waals surface area contributed by atoms with Crippen molar-refractivity contribution in [3.8, 4) is 11.1 Å². The van der Waals surface area contributed by atoms with Crippen LogP contribution in [0.1, 0.15) is 0 Å². The summed E-state index contributed by atoms with van der Waals surface area (Å²) in [6, 6.07) is 5.04. The van der Waals surface area contributed by atoms with Crippen molar-refractivity contribution in [2.75, 3.05) is 0 Å². The van der Waals surface area contributed by atoms with E-state index >= 15 is 0 Å². The van der Waals surface area contributed by atoms with Crippen LogP contribution in [0.3, 0.4) is 0 Å². The Kier molecular flexibility index (Phi) is 2.61. The second-order valence-corrected chi connectivity index (χ2v) is 4.60. The Morgan fingerprint density at radius 3 is 2.78 bits per heavy atom.